The quantitative estimate of drug-likeness (QED) is 0.590. The number of rotatable bonds is 6. The van der Waals surface area contributed by atoms with E-state index in [0.717, 1.165) is 0 Å². The normalized spacial score (nSPS) is 10.8. The van der Waals surface area contributed by atoms with Gasteiger partial charge in [-0.05, 0) is 55.4 Å². The van der Waals surface area contributed by atoms with E-state index in [9.17, 15) is 0 Å². The maximum Gasteiger partial charge on any atom is -0.0276 e. The molecule has 0 N–H and O–H groups in total. The van der Waals surface area contributed by atoms with Crippen molar-refractivity contribution in [2.45, 2.75) is 66.2 Å². The molecule has 0 heterocycles. The van der Waals surface area contributed by atoms with Gasteiger partial charge in [0.15, 0.2) is 0 Å². The van der Waals surface area contributed by atoms with Gasteiger partial charge in [-0.25, -0.2) is 0 Å². The van der Waals surface area contributed by atoms with Crippen LogP contribution in [0.5, 0.6) is 0 Å². The Kier molecular flexibility index (Phi) is 5.59. The summed E-state index contributed by atoms with van der Waals surface area (Å²) in [4.78, 5) is 0. The molecule has 0 aliphatic rings. The molecule has 0 aliphatic heterocycles. The van der Waals surface area contributed by atoms with E-state index in [1.807, 2.05) is 0 Å². The highest BCUT2D eigenvalue weighted by molar-refractivity contribution is 5.39. The van der Waals surface area contributed by atoms with Gasteiger partial charge in [0, 0.05) is 0 Å². The molecule has 0 amide bonds. The van der Waals surface area contributed by atoms with E-state index >= 15 is 0 Å². The van der Waals surface area contributed by atoms with Crippen molar-refractivity contribution >= 4 is 0 Å². The molecule has 0 spiro atoms. The van der Waals surface area contributed by atoms with Crippen LogP contribution in [0.4, 0.5) is 0 Å². The van der Waals surface area contributed by atoms with Gasteiger partial charge >= 0.3 is 0 Å². The molecule has 0 unspecified atom stereocenters. The Bertz CT molecular complexity index is 323. The smallest absolute Gasteiger partial charge is 0.0276 e. The summed E-state index contributed by atoms with van der Waals surface area (Å²) >= 11 is 0. The molecule has 1 aromatic rings. The highest BCUT2D eigenvalue weighted by atomic mass is 14.1. The van der Waals surface area contributed by atoms with Gasteiger partial charge < -0.3 is 0 Å². The average Bonchev–Trinajstić information content (AvgIpc) is 2.28. The Labute approximate surface area is 101 Å². The molecular weight excluding hydrogens is 192 g/mol. The fraction of sp³-hybridized carbons (Fsp3) is 0.625. The third kappa shape index (κ3) is 3.37. The summed E-state index contributed by atoms with van der Waals surface area (Å²) in [5.41, 5.74) is 6.16. The summed E-state index contributed by atoms with van der Waals surface area (Å²) in [6.45, 7) is 9.09. The van der Waals surface area contributed by atoms with Crippen LogP contribution in [0.3, 0.4) is 0 Å². The van der Waals surface area contributed by atoms with E-state index in [2.05, 4.69) is 39.8 Å². The van der Waals surface area contributed by atoms with Crippen LogP contribution < -0.4 is 0 Å². The number of unbranched alkanes of at least 4 members (excludes halogenated alkanes) is 2. The molecule has 0 saturated heterocycles. The number of aryl methyl sites for hydroxylation is 2. The van der Waals surface area contributed by atoms with E-state index in [1.54, 1.807) is 11.1 Å². The Balaban J connectivity index is 2.76. The molecule has 0 aliphatic carbocycles. The fourth-order valence-electron chi connectivity index (χ4n) is 2.31. The van der Waals surface area contributed by atoms with Gasteiger partial charge in [0.1, 0.15) is 0 Å². The molecule has 0 bridgehead atoms. The van der Waals surface area contributed by atoms with Crippen molar-refractivity contribution in [3.63, 3.8) is 0 Å². The molecule has 0 radical (unpaired) electrons. The fourth-order valence-corrected chi connectivity index (χ4v) is 2.31. The van der Waals surface area contributed by atoms with Crippen molar-refractivity contribution in [2.24, 2.45) is 0 Å². The zero-order chi connectivity index (χ0) is 12.0. The standard InChI is InChI=1S/C16H26/c1-5-7-8-10-16-12-11-15(9-6-2)13(3)14(16)4/h11-12H,5-10H2,1-4H3. The van der Waals surface area contributed by atoms with Crippen LogP contribution in [0.15, 0.2) is 12.1 Å². The van der Waals surface area contributed by atoms with Crippen molar-refractivity contribution < 1.29 is 0 Å². The minimum absolute atomic E-state index is 1.22. The number of hydrogen-bond donors (Lipinski definition) is 0. The first-order chi connectivity index (χ1) is 7.70. The first kappa shape index (κ1) is 13.3. The third-order valence-corrected chi connectivity index (χ3v) is 3.58. The van der Waals surface area contributed by atoms with Gasteiger partial charge in [-0.3, -0.25) is 0 Å². The summed E-state index contributed by atoms with van der Waals surface area (Å²) < 4.78 is 0. The third-order valence-electron chi connectivity index (χ3n) is 3.58. The molecule has 0 atom stereocenters. The van der Waals surface area contributed by atoms with Crippen LogP contribution in [-0.2, 0) is 12.8 Å². The van der Waals surface area contributed by atoms with Gasteiger partial charge in [0.05, 0.1) is 0 Å². The van der Waals surface area contributed by atoms with Crippen LogP contribution in [0.1, 0.15) is 61.8 Å². The topological polar surface area (TPSA) is 0 Å². The zero-order valence-electron chi connectivity index (χ0n) is 11.4. The van der Waals surface area contributed by atoms with E-state index in [0.29, 0.717) is 0 Å². The van der Waals surface area contributed by atoms with Crippen molar-refractivity contribution in [3.05, 3.63) is 34.4 Å². The van der Waals surface area contributed by atoms with Crippen LogP contribution >= 0.6 is 0 Å². The minimum atomic E-state index is 1.22. The van der Waals surface area contributed by atoms with E-state index in [4.69, 9.17) is 0 Å². The van der Waals surface area contributed by atoms with Crippen LogP contribution in [0.2, 0.25) is 0 Å². The van der Waals surface area contributed by atoms with Crippen LogP contribution in [0.25, 0.3) is 0 Å². The van der Waals surface area contributed by atoms with Gasteiger partial charge in [-0.2, -0.15) is 0 Å². The van der Waals surface area contributed by atoms with Crippen LogP contribution in [0, 0.1) is 13.8 Å². The average molecular weight is 218 g/mol. The monoisotopic (exact) mass is 218 g/mol. The van der Waals surface area contributed by atoms with Gasteiger partial charge in [0.2, 0.25) is 0 Å². The lowest BCUT2D eigenvalue weighted by Gasteiger charge is -2.13. The van der Waals surface area contributed by atoms with Gasteiger partial charge in [-0.15, -0.1) is 0 Å². The summed E-state index contributed by atoms with van der Waals surface area (Å²) in [6, 6.07) is 4.69. The molecule has 0 aromatic heterocycles. The molecule has 90 valence electrons. The summed E-state index contributed by atoms with van der Waals surface area (Å²) in [5, 5.41) is 0. The lowest BCUT2D eigenvalue weighted by Crippen LogP contribution is -1.97. The van der Waals surface area contributed by atoms with Crippen molar-refractivity contribution in [3.8, 4) is 0 Å². The summed E-state index contributed by atoms with van der Waals surface area (Å²) in [6.07, 6.45) is 7.73. The largest absolute Gasteiger partial charge is 0.0654 e. The maximum atomic E-state index is 2.35. The second-order valence-corrected chi connectivity index (χ2v) is 4.84. The molecule has 0 fully saturated rings. The Morgan fingerprint density at radius 2 is 1.31 bits per heavy atom. The van der Waals surface area contributed by atoms with E-state index in [1.165, 1.54) is 49.7 Å². The number of benzene rings is 1. The van der Waals surface area contributed by atoms with Crippen LogP contribution in [-0.4, -0.2) is 0 Å². The highest BCUT2D eigenvalue weighted by Crippen LogP contribution is 2.20. The molecule has 0 heteroatoms. The zero-order valence-corrected chi connectivity index (χ0v) is 11.4. The van der Waals surface area contributed by atoms with E-state index in [-0.39, 0.29) is 0 Å². The molecule has 16 heavy (non-hydrogen) atoms. The predicted octanol–water partition coefficient (Wildman–Crippen LogP) is 4.99. The summed E-state index contributed by atoms with van der Waals surface area (Å²) in [5.74, 6) is 0. The predicted molar refractivity (Wildman–Crippen MR) is 73.1 cm³/mol. The Morgan fingerprint density at radius 1 is 0.750 bits per heavy atom. The molecule has 1 rings (SSSR count). The van der Waals surface area contributed by atoms with Gasteiger partial charge in [-0.1, -0.05) is 45.2 Å². The first-order valence-corrected chi connectivity index (χ1v) is 6.78. The molecule has 1 aromatic carbocycles. The second kappa shape index (κ2) is 6.73. The first-order valence-electron chi connectivity index (χ1n) is 6.78. The minimum Gasteiger partial charge on any atom is -0.0654 e. The van der Waals surface area contributed by atoms with Gasteiger partial charge in [0.25, 0.3) is 0 Å². The lowest BCUT2D eigenvalue weighted by molar-refractivity contribution is 0.714. The molecule has 0 nitrogen and oxygen atoms in total. The van der Waals surface area contributed by atoms with E-state index < -0.39 is 0 Å². The van der Waals surface area contributed by atoms with Crippen molar-refractivity contribution in [2.75, 3.05) is 0 Å². The second-order valence-electron chi connectivity index (χ2n) is 4.84. The maximum absolute atomic E-state index is 2.35. The number of hydrogen-bond acceptors (Lipinski definition) is 0. The molecular formula is C16H26. The lowest BCUT2D eigenvalue weighted by atomic mass is 9.93. The van der Waals surface area contributed by atoms with Crippen molar-refractivity contribution in [1.82, 2.24) is 0 Å². The Hall–Kier alpha value is -0.780. The Morgan fingerprint density at radius 3 is 1.81 bits per heavy atom. The SMILES string of the molecule is CCCCCc1ccc(CCC)c(C)c1C. The van der Waals surface area contributed by atoms with Crippen molar-refractivity contribution in [1.29, 1.82) is 0 Å². The molecule has 0 saturated carbocycles. The summed E-state index contributed by atoms with van der Waals surface area (Å²) in [7, 11) is 0. The highest BCUT2D eigenvalue weighted by Gasteiger charge is 2.05.